The average Bonchev–Trinajstić information content (AvgIpc) is 2.58. The average molecular weight is 420 g/mol. The zero-order valence-electron chi connectivity index (χ0n) is 16.4. The van der Waals surface area contributed by atoms with Gasteiger partial charge < -0.3 is 10.8 Å². The Morgan fingerprint density at radius 1 is 1.29 bits per heavy atom. The number of hydrogen-bond acceptors (Lipinski definition) is 3. The van der Waals surface area contributed by atoms with E-state index in [1.807, 2.05) is 0 Å². The number of aliphatic hydroxyl groups is 1. The highest BCUT2D eigenvalue weighted by atomic mass is 35.5. The molecule has 1 aromatic rings. The third-order valence-electron chi connectivity index (χ3n) is 5.68. The number of hydrogen-bond donors (Lipinski definition) is 2. The summed E-state index contributed by atoms with van der Waals surface area (Å²) in [6, 6.07) is 2.35. The van der Waals surface area contributed by atoms with Gasteiger partial charge in [0.25, 0.3) is 0 Å². The van der Waals surface area contributed by atoms with Gasteiger partial charge >= 0.3 is 6.18 Å². The predicted molar refractivity (Wildman–Crippen MR) is 105 cm³/mol. The maximum atomic E-state index is 13.2. The van der Waals surface area contributed by atoms with Gasteiger partial charge in [-0.15, -0.1) is 0 Å². The highest BCUT2D eigenvalue weighted by Crippen LogP contribution is 2.39. The van der Waals surface area contributed by atoms with E-state index >= 15 is 0 Å². The third-order valence-corrected chi connectivity index (χ3v) is 6.00. The van der Waals surface area contributed by atoms with Crippen LogP contribution in [0.5, 0.6) is 0 Å². The molecule has 0 amide bonds. The van der Waals surface area contributed by atoms with Crippen molar-refractivity contribution in [3.05, 3.63) is 28.3 Å². The van der Waals surface area contributed by atoms with Gasteiger partial charge in [-0.3, -0.25) is 4.79 Å². The van der Waals surface area contributed by atoms with E-state index in [0.717, 1.165) is 31.7 Å². The lowest BCUT2D eigenvalue weighted by molar-refractivity contribution is -0.137. The molecule has 0 heterocycles. The van der Waals surface area contributed by atoms with Gasteiger partial charge in [0.15, 0.2) is 0 Å². The molecule has 1 aliphatic carbocycles. The Labute approximate surface area is 169 Å². The van der Waals surface area contributed by atoms with Crippen molar-refractivity contribution in [2.45, 2.75) is 71.1 Å². The van der Waals surface area contributed by atoms with E-state index in [-0.39, 0.29) is 23.6 Å². The van der Waals surface area contributed by atoms with Crippen LogP contribution in [0.4, 0.5) is 18.9 Å². The number of Topliss-reactive ketones (excluding diaryl/α,β-unsaturated/α-hetero) is 1. The minimum atomic E-state index is -4.62. The van der Waals surface area contributed by atoms with Crippen LogP contribution in [0.2, 0.25) is 5.02 Å². The van der Waals surface area contributed by atoms with Gasteiger partial charge in [0.2, 0.25) is 0 Å². The Hall–Kier alpha value is -1.27. The third kappa shape index (κ3) is 6.38. The fourth-order valence-electron chi connectivity index (χ4n) is 4.04. The molecule has 1 aromatic carbocycles. The van der Waals surface area contributed by atoms with E-state index in [2.05, 4.69) is 6.92 Å². The second kappa shape index (κ2) is 9.49. The SMILES string of the molecule is CC(O)C[C@H](Cc1cc(Cl)c(N)c(C(F)(F)F)c1)C(=O)CC1CCC(C)CC1. The molecule has 0 aliphatic heterocycles. The first-order valence-electron chi connectivity index (χ1n) is 9.83. The van der Waals surface area contributed by atoms with Gasteiger partial charge in [0.1, 0.15) is 5.78 Å². The summed E-state index contributed by atoms with van der Waals surface area (Å²) in [7, 11) is 0. The van der Waals surface area contributed by atoms with E-state index in [4.69, 9.17) is 17.3 Å². The lowest BCUT2D eigenvalue weighted by Crippen LogP contribution is -2.25. The Bertz CT molecular complexity index is 683. The topological polar surface area (TPSA) is 63.3 Å². The first-order chi connectivity index (χ1) is 13.0. The van der Waals surface area contributed by atoms with Gasteiger partial charge in [-0.25, -0.2) is 0 Å². The van der Waals surface area contributed by atoms with E-state index < -0.39 is 29.4 Å². The van der Waals surface area contributed by atoms with Gasteiger partial charge in [0.05, 0.1) is 22.4 Å². The molecule has 0 spiro atoms. The van der Waals surface area contributed by atoms with Crippen LogP contribution in [0.1, 0.15) is 63.5 Å². The predicted octanol–water partition coefficient (Wildman–Crippen LogP) is 5.66. The normalized spacial score (nSPS) is 22.7. The Kier molecular flexibility index (Phi) is 7.80. The van der Waals surface area contributed by atoms with Gasteiger partial charge in [-0.2, -0.15) is 13.2 Å². The summed E-state index contributed by atoms with van der Waals surface area (Å²) in [5, 5.41) is 9.62. The van der Waals surface area contributed by atoms with Gasteiger partial charge in [-0.05, 0) is 62.1 Å². The molecule has 0 bridgehead atoms. The van der Waals surface area contributed by atoms with Crippen LogP contribution in [0.25, 0.3) is 0 Å². The number of nitrogen functional groups attached to an aromatic ring is 1. The van der Waals surface area contributed by atoms with Crippen LogP contribution < -0.4 is 5.73 Å². The summed E-state index contributed by atoms with van der Waals surface area (Å²) in [5.74, 6) is 0.459. The first-order valence-corrected chi connectivity index (χ1v) is 10.2. The highest BCUT2D eigenvalue weighted by molar-refractivity contribution is 6.33. The van der Waals surface area contributed by atoms with Crippen molar-refractivity contribution < 1.29 is 23.1 Å². The largest absolute Gasteiger partial charge is 0.418 e. The second-order valence-corrected chi connectivity index (χ2v) is 8.73. The Balaban J connectivity index is 2.17. The molecule has 7 heteroatoms. The molecular formula is C21H29ClF3NO2. The van der Waals surface area contributed by atoms with Gasteiger partial charge in [0, 0.05) is 12.3 Å². The van der Waals surface area contributed by atoms with Crippen molar-refractivity contribution in [2.75, 3.05) is 5.73 Å². The number of benzene rings is 1. The van der Waals surface area contributed by atoms with Crippen LogP contribution in [-0.2, 0) is 17.4 Å². The number of rotatable bonds is 7. The summed E-state index contributed by atoms with van der Waals surface area (Å²) in [4.78, 5) is 12.9. The smallest absolute Gasteiger partial charge is 0.397 e. The van der Waals surface area contributed by atoms with Crippen molar-refractivity contribution in [2.24, 2.45) is 17.8 Å². The quantitative estimate of drug-likeness (QED) is 0.561. The highest BCUT2D eigenvalue weighted by Gasteiger charge is 2.35. The summed E-state index contributed by atoms with van der Waals surface area (Å²) in [6.07, 6.45) is -0.401. The van der Waals surface area contributed by atoms with Crippen molar-refractivity contribution in [1.82, 2.24) is 0 Å². The summed E-state index contributed by atoms with van der Waals surface area (Å²) in [5.41, 5.74) is 4.30. The van der Waals surface area contributed by atoms with Crippen LogP contribution in [0, 0.1) is 17.8 Å². The zero-order chi connectivity index (χ0) is 21.1. The molecule has 1 aliphatic rings. The standard InChI is InChI=1S/C21H29ClF3NO2/c1-12-3-5-14(6-4-12)11-19(28)16(7-13(2)27)8-15-9-17(21(23,24)25)20(26)18(22)10-15/h9-10,12-14,16,27H,3-8,11,26H2,1-2H3/t12?,13?,14?,16-/m1/s1. The number of carbonyl (C=O) groups excluding carboxylic acids is 1. The molecule has 3 nitrogen and oxygen atoms in total. The van der Waals surface area contributed by atoms with Crippen molar-refractivity contribution in [1.29, 1.82) is 0 Å². The number of halogens is 4. The van der Waals surface area contributed by atoms with Crippen LogP contribution in [0.15, 0.2) is 12.1 Å². The number of carbonyl (C=O) groups is 1. The molecule has 158 valence electrons. The molecule has 1 saturated carbocycles. The molecule has 2 rings (SSSR count). The van der Waals surface area contributed by atoms with E-state index in [1.165, 1.54) is 6.07 Å². The molecule has 0 aromatic heterocycles. The number of nitrogens with two attached hydrogens (primary N) is 1. The molecule has 1 unspecified atom stereocenters. The van der Waals surface area contributed by atoms with Crippen molar-refractivity contribution in [3.63, 3.8) is 0 Å². The number of anilines is 1. The molecule has 0 radical (unpaired) electrons. The van der Waals surface area contributed by atoms with Crippen molar-refractivity contribution in [3.8, 4) is 0 Å². The molecule has 3 N–H and O–H groups in total. The van der Waals surface area contributed by atoms with E-state index in [0.29, 0.717) is 23.8 Å². The molecule has 1 fully saturated rings. The number of alkyl halides is 3. The summed E-state index contributed by atoms with van der Waals surface area (Å²) in [6.45, 7) is 3.79. The monoisotopic (exact) mass is 419 g/mol. The minimum Gasteiger partial charge on any atom is -0.397 e. The van der Waals surface area contributed by atoms with Crippen LogP contribution in [0.3, 0.4) is 0 Å². The van der Waals surface area contributed by atoms with Crippen LogP contribution >= 0.6 is 11.6 Å². The molecular weight excluding hydrogens is 391 g/mol. The molecule has 28 heavy (non-hydrogen) atoms. The summed E-state index contributed by atoms with van der Waals surface area (Å²) >= 11 is 5.90. The second-order valence-electron chi connectivity index (χ2n) is 8.32. The fourth-order valence-corrected chi connectivity index (χ4v) is 4.28. The van der Waals surface area contributed by atoms with E-state index in [1.54, 1.807) is 6.92 Å². The first kappa shape index (κ1) is 23.0. The number of aliphatic hydroxyl groups excluding tert-OH is 1. The Morgan fingerprint density at radius 2 is 1.89 bits per heavy atom. The lowest BCUT2D eigenvalue weighted by atomic mass is 9.78. The van der Waals surface area contributed by atoms with Crippen molar-refractivity contribution >= 4 is 23.1 Å². The molecule has 0 saturated heterocycles. The summed E-state index contributed by atoms with van der Waals surface area (Å²) < 4.78 is 39.6. The minimum absolute atomic E-state index is 0.00181. The maximum Gasteiger partial charge on any atom is 0.418 e. The zero-order valence-corrected chi connectivity index (χ0v) is 17.1. The van der Waals surface area contributed by atoms with Crippen LogP contribution in [-0.4, -0.2) is 17.0 Å². The fraction of sp³-hybridized carbons (Fsp3) is 0.667. The van der Waals surface area contributed by atoms with Gasteiger partial charge in [-0.1, -0.05) is 31.4 Å². The lowest BCUT2D eigenvalue weighted by Gasteiger charge is -2.27. The Morgan fingerprint density at radius 3 is 2.43 bits per heavy atom. The molecule has 2 atom stereocenters. The maximum absolute atomic E-state index is 13.2. The van der Waals surface area contributed by atoms with E-state index in [9.17, 15) is 23.1 Å². The number of ketones is 1.